The molecule has 2 atom stereocenters. The van der Waals surface area contributed by atoms with Gasteiger partial charge in [0.15, 0.2) is 0 Å². The van der Waals surface area contributed by atoms with E-state index in [1.54, 1.807) is 12.3 Å². The summed E-state index contributed by atoms with van der Waals surface area (Å²) < 4.78 is 5.13. The van der Waals surface area contributed by atoms with Crippen molar-refractivity contribution in [3.05, 3.63) is 29.0 Å². The maximum absolute atomic E-state index is 11.6. The normalized spacial score (nSPS) is 24.1. The number of rotatable bonds is 3. The zero-order chi connectivity index (χ0) is 12.4. The largest absolute Gasteiger partial charge is 0.461 e. The third kappa shape index (κ3) is 2.96. The maximum Gasteiger partial charge on any atom is 0.323 e. The Kier molecular flexibility index (Phi) is 3.64. The minimum atomic E-state index is -0.152. The third-order valence-electron chi connectivity index (χ3n) is 2.90. The summed E-state index contributed by atoms with van der Waals surface area (Å²) in [5.74, 6) is -0.137. The van der Waals surface area contributed by atoms with E-state index >= 15 is 0 Å². The number of ether oxygens (including phenoxy) is 1. The van der Waals surface area contributed by atoms with Crippen LogP contribution in [0.15, 0.2) is 18.3 Å². The van der Waals surface area contributed by atoms with E-state index in [1.807, 2.05) is 24.9 Å². The van der Waals surface area contributed by atoms with E-state index in [9.17, 15) is 4.79 Å². The van der Waals surface area contributed by atoms with E-state index in [2.05, 4.69) is 4.98 Å². The Morgan fingerprint density at radius 3 is 2.88 bits per heavy atom. The van der Waals surface area contributed by atoms with Crippen LogP contribution in [0.3, 0.4) is 0 Å². The van der Waals surface area contributed by atoms with Crippen LogP contribution in [-0.2, 0) is 16.1 Å². The highest BCUT2D eigenvalue weighted by atomic mass is 35.5. The molecule has 1 fully saturated rings. The number of pyridine rings is 1. The summed E-state index contributed by atoms with van der Waals surface area (Å²) >= 11 is 5.72. The van der Waals surface area contributed by atoms with Crippen molar-refractivity contribution in [3.8, 4) is 0 Å². The fourth-order valence-electron chi connectivity index (χ4n) is 1.99. The first-order chi connectivity index (χ1) is 8.06. The van der Waals surface area contributed by atoms with Gasteiger partial charge >= 0.3 is 5.97 Å². The fourth-order valence-corrected chi connectivity index (χ4v) is 2.11. The van der Waals surface area contributed by atoms with Gasteiger partial charge in [0.1, 0.15) is 17.3 Å². The Morgan fingerprint density at radius 2 is 2.35 bits per heavy atom. The van der Waals surface area contributed by atoms with Crippen LogP contribution in [0, 0.1) is 0 Å². The molecule has 1 aliphatic heterocycles. The van der Waals surface area contributed by atoms with Crippen molar-refractivity contribution in [2.75, 3.05) is 7.05 Å². The number of halogens is 1. The Balaban J connectivity index is 1.99. The van der Waals surface area contributed by atoms with Crippen molar-refractivity contribution >= 4 is 17.6 Å². The molecule has 0 saturated carbocycles. The van der Waals surface area contributed by atoms with Crippen molar-refractivity contribution in [1.82, 2.24) is 9.88 Å². The second kappa shape index (κ2) is 5.02. The number of hydrogen-bond donors (Lipinski definition) is 0. The molecule has 1 aromatic heterocycles. The number of nitrogens with zero attached hydrogens (tertiary/aromatic N) is 2. The molecule has 0 bridgehead atoms. The van der Waals surface area contributed by atoms with Gasteiger partial charge in [-0.05, 0) is 25.6 Å². The monoisotopic (exact) mass is 254 g/mol. The van der Waals surface area contributed by atoms with Crippen LogP contribution in [-0.4, -0.2) is 35.0 Å². The van der Waals surface area contributed by atoms with Gasteiger partial charge in [-0.3, -0.25) is 9.69 Å². The van der Waals surface area contributed by atoms with Crippen LogP contribution >= 0.6 is 11.6 Å². The molecule has 2 rings (SSSR count). The summed E-state index contributed by atoms with van der Waals surface area (Å²) in [6, 6.07) is 3.51. The SMILES string of the molecule is C[C@H]1C[C@@H](N(C)Cc2ccc(Cl)nc2)C(=O)O1. The standard InChI is InChI=1S/C12H15ClN2O2/c1-8-5-10(12(16)17-8)15(2)7-9-3-4-11(13)14-6-9/h3-4,6,8,10H,5,7H2,1-2H3/t8-,10+/m0/s1. The van der Waals surface area contributed by atoms with Crippen LogP contribution in [0.25, 0.3) is 0 Å². The second-order valence-electron chi connectivity index (χ2n) is 4.40. The average Bonchev–Trinajstić information content (AvgIpc) is 2.61. The van der Waals surface area contributed by atoms with Crippen LogP contribution < -0.4 is 0 Å². The molecule has 1 saturated heterocycles. The number of esters is 1. The Hall–Kier alpha value is -1.13. The Labute approximate surface area is 106 Å². The molecule has 0 amide bonds. The minimum Gasteiger partial charge on any atom is -0.461 e. The highest BCUT2D eigenvalue weighted by Crippen LogP contribution is 2.20. The van der Waals surface area contributed by atoms with Crippen molar-refractivity contribution in [1.29, 1.82) is 0 Å². The van der Waals surface area contributed by atoms with E-state index in [4.69, 9.17) is 16.3 Å². The molecule has 0 aromatic carbocycles. The molecule has 5 heteroatoms. The molecule has 0 spiro atoms. The Morgan fingerprint density at radius 1 is 1.59 bits per heavy atom. The molecule has 92 valence electrons. The van der Waals surface area contributed by atoms with Crippen molar-refractivity contribution < 1.29 is 9.53 Å². The van der Waals surface area contributed by atoms with E-state index in [-0.39, 0.29) is 18.1 Å². The summed E-state index contributed by atoms with van der Waals surface area (Å²) in [5, 5.41) is 0.477. The van der Waals surface area contributed by atoms with E-state index in [0.717, 1.165) is 12.0 Å². The molecule has 2 heterocycles. The Bertz CT molecular complexity index is 407. The predicted molar refractivity (Wildman–Crippen MR) is 64.7 cm³/mol. The number of carbonyl (C=O) groups excluding carboxylic acids is 1. The van der Waals surface area contributed by atoms with E-state index in [0.29, 0.717) is 11.7 Å². The van der Waals surface area contributed by atoms with Crippen LogP contribution in [0.4, 0.5) is 0 Å². The number of cyclic esters (lactones) is 1. The lowest BCUT2D eigenvalue weighted by Crippen LogP contribution is -2.34. The van der Waals surface area contributed by atoms with Gasteiger partial charge in [0.25, 0.3) is 0 Å². The summed E-state index contributed by atoms with van der Waals surface area (Å²) in [7, 11) is 1.92. The first-order valence-corrected chi connectivity index (χ1v) is 5.95. The summed E-state index contributed by atoms with van der Waals surface area (Å²) in [4.78, 5) is 17.6. The molecule has 1 aromatic rings. The number of likely N-dealkylation sites (N-methyl/N-ethyl adjacent to an activating group) is 1. The van der Waals surface area contributed by atoms with Gasteiger partial charge in [-0.2, -0.15) is 0 Å². The van der Waals surface area contributed by atoms with E-state index in [1.165, 1.54) is 0 Å². The quantitative estimate of drug-likeness (QED) is 0.610. The van der Waals surface area contributed by atoms with Crippen LogP contribution in [0.1, 0.15) is 18.9 Å². The molecule has 1 aliphatic rings. The van der Waals surface area contributed by atoms with Crippen molar-refractivity contribution in [3.63, 3.8) is 0 Å². The zero-order valence-corrected chi connectivity index (χ0v) is 10.6. The van der Waals surface area contributed by atoms with Crippen molar-refractivity contribution in [2.45, 2.75) is 32.0 Å². The smallest absolute Gasteiger partial charge is 0.323 e. The highest BCUT2D eigenvalue weighted by molar-refractivity contribution is 6.29. The number of aromatic nitrogens is 1. The minimum absolute atomic E-state index is 0.0123. The molecule has 0 aliphatic carbocycles. The van der Waals surface area contributed by atoms with Crippen LogP contribution in [0.2, 0.25) is 5.15 Å². The van der Waals surface area contributed by atoms with Gasteiger partial charge in [0.05, 0.1) is 0 Å². The van der Waals surface area contributed by atoms with Gasteiger partial charge in [0.2, 0.25) is 0 Å². The lowest BCUT2D eigenvalue weighted by atomic mass is 10.1. The average molecular weight is 255 g/mol. The maximum atomic E-state index is 11.6. The van der Waals surface area contributed by atoms with Gasteiger partial charge < -0.3 is 4.74 Å². The van der Waals surface area contributed by atoms with Gasteiger partial charge in [-0.15, -0.1) is 0 Å². The first-order valence-electron chi connectivity index (χ1n) is 5.57. The van der Waals surface area contributed by atoms with Gasteiger partial charge in [-0.25, -0.2) is 4.98 Å². The molecular weight excluding hydrogens is 240 g/mol. The molecule has 0 radical (unpaired) electrons. The summed E-state index contributed by atoms with van der Waals surface area (Å²) in [5.41, 5.74) is 1.03. The molecule has 4 nitrogen and oxygen atoms in total. The third-order valence-corrected chi connectivity index (χ3v) is 3.12. The predicted octanol–water partition coefficient (Wildman–Crippen LogP) is 1.87. The lowest BCUT2D eigenvalue weighted by Gasteiger charge is -2.20. The zero-order valence-electron chi connectivity index (χ0n) is 9.89. The summed E-state index contributed by atoms with van der Waals surface area (Å²) in [6.07, 6.45) is 2.48. The topological polar surface area (TPSA) is 42.4 Å². The molecule has 0 unspecified atom stereocenters. The van der Waals surface area contributed by atoms with Gasteiger partial charge in [0, 0.05) is 19.2 Å². The summed E-state index contributed by atoms with van der Waals surface area (Å²) in [6.45, 7) is 2.58. The lowest BCUT2D eigenvalue weighted by molar-refractivity contribution is -0.144. The number of hydrogen-bond acceptors (Lipinski definition) is 4. The van der Waals surface area contributed by atoms with E-state index < -0.39 is 0 Å². The van der Waals surface area contributed by atoms with Crippen LogP contribution in [0.5, 0.6) is 0 Å². The molecule has 0 N–H and O–H groups in total. The second-order valence-corrected chi connectivity index (χ2v) is 4.79. The number of carbonyl (C=O) groups is 1. The fraction of sp³-hybridized carbons (Fsp3) is 0.500. The first kappa shape index (κ1) is 12.3. The molecular formula is C12H15ClN2O2. The highest BCUT2D eigenvalue weighted by Gasteiger charge is 2.34. The van der Waals surface area contributed by atoms with Gasteiger partial charge in [-0.1, -0.05) is 17.7 Å². The molecule has 17 heavy (non-hydrogen) atoms. The van der Waals surface area contributed by atoms with Crippen molar-refractivity contribution in [2.24, 2.45) is 0 Å².